The molecule has 1 aromatic heterocycles. The van der Waals surface area contributed by atoms with E-state index >= 15 is 0 Å². The Bertz CT molecular complexity index is 787. The SMILES string of the molecule is Cn1nc(CN2CCN3[C@@H](COC[C@@H]3C3CC3)C2)c2c(Cl)cccc21. The number of hydrogen-bond acceptors (Lipinski definition) is 4. The molecule has 5 rings (SSSR count). The first kappa shape index (κ1) is 16.1. The highest BCUT2D eigenvalue weighted by Gasteiger charge is 2.42. The van der Waals surface area contributed by atoms with E-state index in [2.05, 4.69) is 15.9 Å². The minimum absolute atomic E-state index is 0.526. The Labute approximate surface area is 153 Å². The van der Waals surface area contributed by atoms with Crippen LogP contribution in [0.5, 0.6) is 0 Å². The second-order valence-electron chi connectivity index (χ2n) is 7.77. The molecule has 1 aliphatic carbocycles. The van der Waals surface area contributed by atoms with Crippen molar-refractivity contribution in [1.29, 1.82) is 0 Å². The fraction of sp³-hybridized carbons (Fsp3) is 0.632. The van der Waals surface area contributed by atoms with Crippen LogP contribution in [0, 0.1) is 5.92 Å². The number of rotatable bonds is 3. The largest absolute Gasteiger partial charge is 0.378 e. The van der Waals surface area contributed by atoms with E-state index in [1.807, 2.05) is 23.9 Å². The molecule has 1 saturated carbocycles. The Hall–Kier alpha value is -1.14. The van der Waals surface area contributed by atoms with Crippen molar-refractivity contribution in [2.45, 2.75) is 31.5 Å². The van der Waals surface area contributed by atoms with Crippen LogP contribution in [0.1, 0.15) is 18.5 Å². The predicted molar refractivity (Wildman–Crippen MR) is 98.8 cm³/mol. The van der Waals surface area contributed by atoms with Crippen LogP contribution in [-0.2, 0) is 18.3 Å². The van der Waals surface area contributed by atoms with Gasteiger partial charge in [-0.2, -0.15) is 5.10 Å². The van der Waals surface area contributed by atoms with Crippen LogP contribution in [-0.4, -0.2) is 64.5 Å². The van der Waals surface area contributed by atoms with Crippen molar-refractivity contribution in [1.82, 2.24) is 19.6 Å². The van der Waals surface area contributed by atoms with Crippen molar-refractivity contribution in [2.24, 2.45) is 13.0 Å². The Kier molecular flexibility index (Phi) is 4.01. The molecular formula is C19H25ClN4O. The minimum atomic E-state index is 0.526. The summed E-state index contributed by atoms with van der Waals surface area (Å²) < 4.78 is 7.88. The number of nitrogens with zero attached hydrogens (tertiary/aromatic N) is 4. The lowest BCUT2D eigenvalue weighted by Gasteiger charge is -2.48. The lowest BCUT2D eigenvalue weighted by atomic mass is 10.0. The molecule has 0 N–H and O–H groups in total. The lowest BCUT2D eigenvalue weighted by molar-refractivity contribution is -0.0881. The van der Waals surface area contributed by atoms with Crippen molar-refractivity contribution in [3.05, 3.63) is 28.9 Å². The minimum Gasteiger partial charge on any atom is -0.378 e. The number of fused-ring (bicyclic) bond motifs is 2. The summed E-state index contributed by atoms with van der Waals surface area (Å²) in [5, 5.41) is 6.65. The zero-order valence-electron chi connectivity index (χ0n) is 14.7. The van der Waals surface area contributed by atoms with E-state index < -0.39 is 0 Å². The van der Waals surface area contributed by atoms with Crippen molar-refractivity contribution in [3.8, 4) is 0 Å². The molecule has 2 saturated heterocycles. The summed E-state index contributed by atoms with van der Waals surface area (Å²) in [4.78, 5) is 5.24. The predicted octanol–water partition coefficient (Wildman–Crippen LogP) is 2.52. The fourth-order valence-corrected chi connectivity index (χ4v) is 4.92. The van der Waals surface area contributed by atoms with Crippen LogP contribution in [0.3, 0.4) is 0 Å². The van der Waals surface area contributed by atoms with Gasteiger partial charge in [-0.1, -0.05) is 17.7 Å². The summed E-state index contributed by atoms with van der Waals surface area (Å²) in [6.45, 7) is 5.96. The van der Waals surface area contributed by atoms with E-state index in [-0.39, 0.29) is 0 Å². The highest BCUT2D eigenvalue weighted by atomic mass is 35.5. The van der Waals surface area contributed by atoms with E-state index in [0.29, 0.717) is 12.1 Å². The first-order chi connectivity index (χ1) is 12.2. The summed E-state index contributed by atoms with van der Waals surface area (Å²) in [6, 6.07) is 7.23. The maximum Gasteiger partial charge on any atom is 0.0858 e. The van der Waals surface area contributed by atoms with Crippen molar-refractivity contribution in [2.75, 3.05) is 32.8 Å². The van der Waals surface area contributed by atoms with Gasteiger partial charge in [0.05, 0.1) is 29.4 Å². The van der Waals surface area contributed by atoms with E-state index in [0.717, 1.165) is 66.9 Å². The molecule has 2 aliphatic heterocycles. The third-order valence-electron chi connectivity index (χ3n) is 6.08. The molecule has 0 radical (unpaired) electrons. The zero-order valence-corrected chi connectivity index (χ0v) is 15.5. The van der Waals surface area contributed by atoms with Gasteiger partial charge in [-0.3, -0.25) is 14.5 Å². The number of aromatic nitrogens is 2. The van der Waals surface area contributed by atoms with E-state index in [1.165, 1.54) is 12.8 Å². The molecule has 1 aromatic carbocycles. The zero-order chi connectivity index (χ0) is 17.0. The third-order valence-corrected chi connectivity index (χ3v) is 6.39. The molecule has 0 spiro atoms. The van der Waals surface area contributed by atoms with Gasteiger partial charge in [-0.15, -0.1) is 0 Å². The number of ether oxygens (including phenoxy) is 1. The van der Waals surface area contributed by atoms with Gasteiger partial charge in [0.15, 0.2) is 0 Å². The van der Waals surface area contributed by atoms with E-state index in [1.54, 1.807) is 0 Å². The van der Waals surface area contributed by atoms with Crippen molar-refractivity contribution in [3.63, 3.8) is 0 Å². The molecule has 6 heteroatoms. The molecule has 2 atom stereocenters. The van der Waals surface area contributed by atoms with Gasteiger partial charge >= 0.3 is 0 Å². The molecular weight excluding hydrogens is 336 g/mol. The lowest BCUT2D eigenvalue weighted by Crippen LogP contribution is -2.62. The second kappa shape index (κ2) is 6.23. The van der Waals surface area contributed by atoms with E-state index in [4.69, 9.17) is 21.4 Å². The van der Waals surface area contributed by atoms with Gasteiger partial charge in [0, 0.05) is 50.7 Å². The highest BCUT2D eigenvalue weighted by Crippen LogP contribution is 2.38. The molecule has 0 unspecified atom stereocenters. The summed E-state index contributed by atoms with van der Waals surface area (Å²) in [7, 11) is 2.00. The van der Waals surface area contributed by atoms with Crippen LogP contribution in [0.4, 0.5) is 0 Å². The third kappa shape index (κ3) is 2.87. The van der Waals surface area contributed by atoms with Gasteiger partial charge in [-0.05, 0) is 30.9 Å². The summed E-state index contributed by atoms with van der Waals surface area (Å²) in [5.74, 6) is 0.882. The van der Waals surface area contributed by atoms with Gasteiger partial charge in [0.2, 0.25) is 0 Å². The number of halogens is 1. The van der Waals surface area contributed by atoms with Gasteiger partial charge in [-0.25, -0.2) is 0 Å². The topological polar surface area (TPSA) is 33.5 Å². The van der Waals surface area contributed by atoms with Crippen LogP contribution in [0.25, 0.3) is 10.9 Å². The van der Waals surface area contributed by atoms with Crippen molar-refractivity contribution < 1.29 is 4.74 Å². The molecule has 2 aromatic rings. The van der Waals surface area contributed by atoms with Crippen LogP contribution >= 0.6 is 11.6 Å². The normalized spacial score (nSPS) is 28.4. The maximum atomic E-state index is 6.46. The Morgan fingerprint density at radius 1 is 1.24 bits per heavy atom. The molecule has 3 aliphatic rings. The van der Waals surface area contributed by atoms with Crippen LogP contribution < -0.4 is 0 Å². The van der Waals surface area contributed by atoms with Crippen molar-refractivity contribution >= 4 is 22.5 Å². The Morgan fingerprint density at radius 3 is 2.96 bits per heavy atom. The average Bonchev–Trinajstić information content (AvgIpc) is 3.40. The Balaban J connectivity index is 1.34. The quantitative estimate of drug-likeness (QED) is 0.842. The first-order valence-corrected chi connectivity index (χ1v) is 9.74. The summed E-state index contributed by atoms with van der Waals surface area (Å²) in [6.07, 6.45) is 2.78. The maximum absolute atomic E-state index is 6.46. The average molecular weight is 361 g/mol. The molecule has 3 fully saturated rings. The molecule has 25 heavy (non-hydrogen) atoms. The summed E-state index contributed by atoms with van der Waals surface area (Å²) in [5.41, 5.74) is 2.20. The highest BCUT2D eigenvalue weighted by molar-refractivity contribution is 6.35. The standard InChI is InChI=1S/C19H25ClN4O/c1-22-17-4-2-3-15(20)19(17)16(21-22)10-23-7-8-24-14(9-23)11-25-12-18(24)13-5-6-13/h2-4,13-14,18H,5-12H2,1H3/t14-,18-/m1/s1. The first-order valence-electron chi connectivity index (χ1n) is 9.36. The number of piperazine rings is 1. The molecule has 3 heterocycles. The molecule has 134 valence electrons. The smallest absolute Gasteiger partial charge is 0.0858 e. The number of benzene rings is 1. The number of morpholine rings is 1. The fourth-order valence-electron chi connectivity index (χ4n) is 4.65. The van der Waals surface area contributed by atoms with E-state index in [9.17, 15) is 0 Å². The number of hydrogen-bond donors (Lipinski definition) is 0. The second-order valence-corrected chi connectivity index (χ2v) is 8.18. The van der Waals surface area contributed by atoms with Crippen LogP contribution in [0.15, 0.2) is 18.2 Å². The molecule has 0 bridgehead atoms. The van der Waals surface area contributed by atoms with Gasteiger partial charge in [0.25, 0.3) is 0 Å². The number of aryl methyl sites for hydroxylation is 1. The molecule has 5 nitrogen and oxygen atoms in total. The van der Waals surface area contributed by atoms with Gasteiger partial charge < -0.3 is 4.74 Å². The summed E-state index contributed by atoms with van der Waals surface area (Å²) >= 11 is 6.46. The monoisotopic (exact) mass is 360 g/mol. The van der Waals surface area contributed by atoms with Crippen LogP contribution in [0.2, 0.25) is 5.02 Å². The molecule has 0 amide bonds. The van der Waals surface area contributed by atoms with Gasteiger partial charge in [0.1, 0.15) is 0 Å². The Morgan fingerprint density at radius 2 is 2.12 bits per heavy atom.